The molecule has 134 valence electrons. The van der Waals surface area contributed by atoms with Crippen molar-refractivity contribution < 1.29 is 14.6 Å². The van der Waals surface area contributed by atoms with Crippen molar-refractivity contribution in [2.45, 2.75) is 38.1 Å². The molecule has 25 heavy (non-hydrogen) atoms. The molecule has 0 spiro atoms. The zero-order chi connectivity index (χ0) is 17.7. The molecule has 2 aromatic carbocycles. The molecule has 1 heterocycles. The van der Waals surface area contributed by atoms with Crippen molar-refractivity contribution in [3.8, 4) is 5.75 Å². The van der Waals surface area contributed by atoms with Gasteiger partial charge in [0.2, 0.25) is 0 Å². The van der Waals surface area contributed by atoms with E-state index in [4.69, 9.17) is 9.47 Å². The van der Waals surface area contributed by atoms with Gasteiger partial charge in [0.15, 0.2) is 0 Å². The minimum Gasteiger partial charge on any atom is -0.491 e. The average molecular weight is 341 g/mol. The normalized spacial score (nSPS) is 20.2. The minimum absolute atomic E-state index is 0.0347. The van der Waals surface area contributed by atoms with Gasteiger partial charge in [-0.05, 0) is 25.5 Å². The first-order chi connectivity index (χ1) is 12.1. The lowest BCUT2D eigenvalue weighted by Gasteiger charge is -2.40. The maximum absolute atomic E-state index is 11.8. The molecular weight excluding hydrogens is 314 g/mol. The number of hydrogen-bond donors (Lipinski definition) is 2. The Morgan fingerprint density at radius 3 is 2.56 bits per heavy atom. The van der Waals surface area contributed by atoms with Crippen LogP contribution in [0.25, 0.3) is 0 Å². The molecule has 1 aliphatic rings. The lowest BCUT2D eigenvalue weighted by atomic mass is 9.81. The highest BCUT2D eigenvalue weighted by Gasteiger charge is 2.42. The number of morpholine rings is 1. The summed E-state index contributed by atoms with van der Waals surface area (Å²) < 4.78 is 11.9. The Balaban J connectivity index is 2.01. The van der Waals surface area contributed by atoms with Crippen molar-refractivity contribution in [3.63, 3.8) is 0 Å². The van der Waals surface area contributed by atoms with Crippen LogP contribution in [-0.2, 0) is 16.8 Å². The highest BCUT2D eigenvalue weighted by Crippen LogP contribution is 2.37. The summed E-state index contributed by atoms with van der Waals surface area (Å²) in [5.41, 5.74) is 0.681. The van der Waals surface area contributed by atoms with Gasteiger partial charge in [0, 0.05) is 25.1 Å². The summed E-state index contributed by atoms with van der Waals surface area (Å²) in [5, 5.41) is 15.1. The fraction of sp³-hybridized carbons (Fsp3) is 0.429. The van der Waals surface area contributed by atoms with Crippen molar-refractivity contribution in [2.75, 3.05) is 19.7 Å². The lowest BCUT2D eigenvalue weighted by Crippen LogP contribution is -2.52. The zero-order valence-corrected chi connectivity index (χ0v) is 14.9. The van der Waals surface area contributed by atoms with Gasteiger partial charge in [0.1, 0.15) is 17.5 Å². The first-order valence-electron chi connectivity index (χ1n) is 8.94. The molecule has 1 aliphatic heterocycles. The standard InChI is InChI=1S/C21H27NO3/c1-16(2)25-19-11-7-6-10-18(19)21(23,20-15-22-12-13-24-20)14-17-8-4-3-5-9-17/h3-11,16,20,22-23H,12-15H2,1-2H3. The van der Waals surface area contributed by atoms with E-state index in [0.717, 1.165) is 17.7 Å². The second-order valence-electron chi connectivity index (χ2n) is 6.81. The second kappa shape index (κ2) is 8.00. The van der Waals surface area contributed by atoms with Crippen LogP contribution in [0.1, 0.15) is 25.0 Å². The molecule has 0 aromatic heterocycles. The van der Waals surface area contributed by atoms with E-state index in [-0.39, 0.29) is 12.2 Å². The van der Waals surface area contributed by atoms with Crippen LogP contribution in [0.2, 0.25) is 0 Å². The Bertz CT molecular complexity index is 668. The van der Waals surface area contributed by atoms with Gasteiger partial charge in [-0.1, -0.05) is 48.5 Å². The van der Waals surface area contributed by atoms with Gasteiger partial charge in [-0.3, -0.25) is 0 Å². The van der Waals surface area contributed by atoms with Crippen molar-refractivity contribution in [1.29, 1.82) is 0 Å². The van der Waals surface area contributed by atoms with E-state index in [1.807, 2.05) is 68.4 Å². The van der Waals surface area contributed by atoms with Gasteiger partial charge in [0.05, 0.1) is 12.7 Å². The highest BCUT2D eigenvalue weighted by molar-refractivity contribution is 5.40. The molecule has 0 bridgehead atoms. The molecule has 4 heteroatoms. The number of hydrogen-bond acceptors (Lipinski definition) is 4. The van der Waals surface area contributed by atoms with Crippen LogP contribution in [0.3, 0.4) is 0 Å². The molecule has 0 aliphatic carbocycles. The summed E-state index contributed by atoms with van der Waals surface area (Å²) in [6.45, 7) is 5.99. The van der Waals surface area contributed by atoms with E-state index in [9.17, 15) is 5.11 Å². The predicted octanol–water partition coefficient (Wildman–Crippen LogP) is 2.89. The summed E-state index contributed by atoms with van der Waals surface area (Å²) in [6, 6.07) is 17.8. The fourth-order valence-electron chi connectivity index (χ4n) is 3.34. The van der Waals surface area contributed by atoms with Crippen molar-refractivity contribution in [3.05, 3.63) is 65.7 Å². The first-order valence-corrected chi connectivity index (χ1v) is 8.94. The van der Waals surface area contributed by atoms with E-state index >= 15 is 0 Å². The third-order valence-corrected chi connectivity index (χ3v) is 4.49. The molecular formula is C21H27NO3. The summed E-state index contributed by atoms with van der Waals surface area (Å²) in [7, 11) is 0. The minimum atomic E-state index is -1.17. The molecule has 0 amide bonds. The lowest BCUT2D eigenvalue weighted by molar-refractivity contribution is -0.125. The number of para-hydroxylation sites is 1. The number of rotatable bonds is 6. The fourth-order valence-corrected chi connectivity index (χ4v) is 3.34. The third kappa shape index (κ3) is 4.21. The predicted molar refractivity (Wildman–Crippen MR) is 98.9 cm³/mol. The average Bonchev–Trinajstić information content (AvgIpc) is 2.63. The maximum Gasteiger partial charge on any atom is 0.125 e. The topological polar surface area (TPSA) is 50.7 Å². The summed E-state index contributed by atoms with van der Waals surface area (Å²) in [6.07, 6.45) is 0.171. The van der Waals surface area contributed by atoms with Gasteiger partial charge in [0.25, 0.3) is 0 Å². The summed E-state index contributed by atoms with van der Waals surface area (Å²) in [5.74, 6) is 0.713. The van der Waals surface area contributed by atoms with E-state index in [1.54, 1.807) is 0 Å². The summed E-state index contributed by atoms with van der Waals surface area (Å²) in [4.78, 5) is 0. The third-order valence-electron chi connectivity index (χ3n) is 4.49. The second-order valence-corrected chi connectivity index (χ2v) is 6.81. The first kappa shape index (κ1) is 17.9. The Labute approximate surface area is 149 Å². The van der Waals surface area contributed by atoms with Crippen molar-refractivity contribution in [2.24, 2.45) is 0 Å². The van der Waals surface area contributed by atoms with Gasteiger partial charge < -0.3 is 19.9 Å². The maximum atomic E-state index is 11.8. The van der Waals surface area contributed by atoms with E-state index in [0.29, 0.717) is 25.3 Å². The van der Waals surface area contributed by atoms with Crippen LogP contribution in [-0.4, -0.2) is 37.0 Å². The molecule has 2 N–H and O–H groups in total. The smallest absolute Gasteiger partial charge is 0.125 e. The highest BCUT2D eigenvalue weighted by atomic mass is 16.5. The monoisotopic (exact) mass is 341 g/mol. The Hall–Kier alpha value is -1.88. The van der Waals surface area contributed by atoms with Gasteiger partial charge in [-0.15, -0.1) is 0 Å². The van der Waals surface area contributed by atoms with Crippen LogP contribution < -0.4 is 10.1 Å². The number of benzene rings is 2. The van der Waals surface area contributed by atoms with E-state index in [1.165, 1.54) is 0 Å². The number of ether oxygens (including phenoxy) is 2. The largest absolute Gasteiger partial charge is 0.491 e. The van der Waals surface area contributed by atoms with Gasteiger partial charge in [-0.25, -0.2) is 0 Å². The quantitative estimate of drug-likeness (QED) is 0.848. The van der Waals surface area contributed by atoms with Gasteiger partial charge in [-0.2, -0.15) is 0 Å². The Morgan fingerprint density at radius 1 is 1.16 bits per heavy atom. The number of nitrogens with one attached hydrogen (secondary N) is 1. The Kier molecular flexibility index (Phi) is 5.74. The molecule has 3 rings (SSSR count). The van der Waals surface area contributed by atoms with Crippen LogP contribution >= 0.6 is 0 Å². The van der Waals surface area contributed by atoms with E-state index < -0.39 is 5.60 Å². The SMILES string of the molecule is CC(C)Oc1ccccc1C(O)(Cc1ccccc1)C1CNCCO1. The molecule has 1 saturated heterocycles. The molecule has 0 saturated carbocycles. The van der Waals surface area contributed by atoms with Gasteiger partial charge >= 0.3 is 0 Å². The summed E-state index contributed by atoms with van der Waals surface area (Å²) >= 11 is 0. The van der Waals surface area contributed by atoms with E-state index in [2.05, 4.69) is 5.32 Å². The molecule has 0 radical (unpaired) electrons. The molecule has 4 nitrogen and oxygen atoms in total. The Morgan fingerprint density at radius 2 is 1.88 bits per heavy atom. The van der Waals surface area contributed by atoms with Crippen LogP contribution in [0, 0.1) is 0 Å². The van der Waals surface area contributed by atoms with Crippen LogP contribution in [0.4, 0.5) is 0 Å². The number of aliphatic hydroxyl groups is 1. The van der Waals surface area contributed by atoms with Crippen molar-refractivity contribution >= 4 is 0 Å². The molecule has 2 unspecified atom stereocenters. The molecule has 1 fully saturated rings. The molecule has 2 atom stereocenters. The van der Waals surface area contributed by atoms with Crippen LogP contribution in [0.5, 0.6) is 5.75 Å². The van der Waals surface area contributed by atoms with Crippen LogP contribution in [0.15, 0.2) is 54.6 Å². The molecule has 2 aromatic rings. The zero-order valence-electron chi connectivity index (χ0n) is 14.9. The van der Waals surface area contributed by atoms with Crippen molar-refractivity contribution in [1.82, 2.24) is 5.32 Å².